The monoisotopic (exact) mass is 312 g/mol. The Bertz CT molecular complexity index is 588. The lowest BCUT2D eigenvalue weighted by Gasteiger charge is -2.19. The van der Waals surface area contributed by atoms with Crippen molar-refractivity contribution in [2.75, 3.05) is 5.32 Å². The molecule has 2 rings (SSSR count). The Balaban J connectivity index is 2.15. The Hall–Kier alpha value is -1.63. The number of hydrogen-bond acceptors (Lipinski definition) is 4. The van der Waals surface area contributed by atoms with Gasteiger partial charge in [-0.2, -0.15) is 5.10 Å². The van der Waals surface area contributed by atoms with Crippen molar-refractivity contribution in [1.82, 2.24) is 14.8 Å². The van der Waals surface area contributed by atoms with Crippen LogP contribution >= 0.6 is 15.9 Å². The first-order valence-electron chi connectivity index (χ1n) is 5.36. The Labute approximate surface area is 112 Å². The summed E-state index contributed by atoms with van der Waals surface area (Å²) in [7, 11) is 0. The van der Waals surface area contributed by atoms with Gasteiger partial charge in [0.25, 0.3) is 0 Å². The van der Waals surface area contributed by atoms with E-state index in [9.17, 15) is 4.79 Å². The molecule has 96 valence electrons. The normalized spacial score (nSPS) is 11.6. The molecule has 0 fully saturated rings. The molecular formula is C11H13BrN4O2. The van der Waals surface area contributed by atoms with E-state index in [4.69, 9.17) is 4.74 Å². The number of rotatable bonds is 1. The number of nitrogens with zero attached hydrogens (tertiary/aromatic N) is 3. The van der Waals surface area contributed by atoms with Crippen LogP contribution in [0.1, 0.15) is 20.8 Å². The van der Waals surface area contributed by atoms with Crippen LogP contribution in [0.4, 0.5) is 10.6 Å². The standard InChI is InChI=1S/C11H13BrN4O2/c1-11(2,3)18-10(17)14-9-5-4-8-7(12)6-13-16(8)15-9/h4-6H,1-3H3,(H,14,15,17). The second-order valence-corrected chi connectivity index (χ2v) is 5.57. The summed E-state index contributed by atoms with van der Waals surface area (Å²) in [6, 6.07) is 3.49. The highest BCUT2D eigenvalue weighted by molar-refractivity contribution is 9.10. The van der Waals surface area contributed by atoms with Gasteiger partial charge in [-0.25, -0.2) is 4.79 Å². The molecule has 7 heteroatoms. The zero-order valence-corrected chi connectivity index (χ0v) is 11.9. The van der Waals surface area contributed by atoms with E-state index in [1.165, 1.54) is 4.63 Å². The smallest absolute Gasteiger partial charge is 0.413 e. The van der Waals surface area contributed by atoms with Crippen LogP contribution in [0.25, 0.3) is 5.52 Å². The molecule has 2 aromatic heterocycles. The van der Waals surface area contributed by atoms with Crippen LogP contribution < -0.4 is 5.32 Å². The Morgan fingerprint density at radius 1 is 1.44 bits per heavy atom. The summed E-state index contributed by atoms with van der Waals surface area (Å²) < 4.78 is 7.40. The van der Waals surface area contributed by atoms with Gasteiger partial charge in [-0.1, -0.05) is 0 Å². The molecular weight excluding hydrogens is 300 g/mol. The molecule has 0 spiro atoms. The largest absolute Gasteiger partial charge is 0.444 e. The lowest BCUT2D eigenvalue weighted by molar-refractivity contribution is 0.0635. The fraction of sp³-hybridized carbons (Fsp3) is 0.364. The van der Waals surface area contributed by atoms with Gasteiger partial charge in [-0.3, -0.25) is 5.32 Å². The van der Waals surface area contributed by atoms with Crippen LogP contribution in [0, 0.1) is 0 Å². The van der Waals surface area contributed by atoms with Crippen molar-refractivity contribution in [3.63, 3.8) is 0 Å². The topological polar surface area (TPSA) is 68.5 Å². The van der Waals surface area contributed by atoms with Gasteiger partial charge in [-0.05, 0) is 48.8 Å². The molecule has 0 aliphatic heterocycles. The fourth-order valence-corrected chi connectivity index (χ4v) is 1.71. The third-order valence-corrected chi connectivity index (χ3v) is 2.58. The van der Waals surface area contributed by atoms with Gasteiger partial charge in [0.1, 0.15) is 11.1 Å². The van der Waals surface area contributed by atoms with Crippen molar-refractivity contribution >= 4 is 33.4 Å². The average molecular weight is 313 g/mol. The number of carbonyl (C=O) groups is 1. The number of amides is 1. The lowest BCUT2D eigenvalue weighted by Crippen LogP contribution is -2.27. The maximum Gasteiger partial charge on any atom is 0.413 e. The number of nitrogens with one attached hydrogen (secondary N) is 1. The summed E-state index contributed by atoms with van der Waals surface area (Å²) in [5.74, 6) is 0.382. The lowest BCUT2D eigenvalue weighted by atomic mass is 10.2. The Morgan fingerprint density at radius 3 is 2.83 bits per heavy atom. The van der Waals surface area contributed by atoms with Crippen molar-refractivity contribution in [3.8, 4) is 0 Å². The Morgan fingerprint density at radius 2 is 2.17 bits per heavy atom. The molecule has 2 aromatic rings. The van der Waals surface area contributed by atoms with Crippen LogP contribution in [0.5, 0.6) is 0 Å². The minimum absolute atomic E-state index is 0.382. The molecule has 0 atom stereocenters. The number of hydrogen-bond donors (Lipinski definition) is 1. The van der Waals surface area contributed by atoms with Gasteiger partial charge in [0.05, 0.1) is 10.7 Å². The van der Waals surface area contributed by atoms with Crippen LogP contribution in [-0.4, -0.2) is 26.5 Å². The van der Waals surface area contributed by atoms with E-state index in [0.717, 1.165) is 9.99 Å². The molecule has 0 saturated carbocycles. The molecule has 0 radical (unpaired) electrons. The SMILES string of the molecule is CC(C)(C)OC(=O)Nc1ccc2c(Br)cnn2n1. The predicted molar refractivity (Wildman–Crippen MR) is 70.5 cm³/mol. The van der Waals surface area contributed by atoms with Crippen molar-refractivity contribution in [3.05, 3.63) is 22.8 Å². The molecule has 18 heavy (non-hydrogen) atoms. The summed E-state index contributed by atoms with van der Waals surface area (Å²) in [6.07, 6.45) is 1.10. The minimum Gasteiger partial charge on any atom is -0.444 e. The van der Waals surface area contributed by atoms with E-state index in [1.54, 1.807) is 39.1 Å². The Kier molecular flexibility index (Phi) is 3.25. The van der Waals surface area contributed by atoms with Gasteiger partial charge < -0.3 is 4.74 Å². The highest BCUT2D eigenvalue weighted by Gasteiger charge is 2.16. The zero-order valence-electron chi connectivity index (χ0n) is 10.3. The molecule has 0 aromatic carbocycles. The van der Waals surface area contributed by atoms with Crippen molar-refractivity contribution in [2.45, 2.75) is 26.4 Å². The number of halogens is 1. The summed E-state index contributed by atoms with van der Waals surface area (Å²) in [5.41, 5.74) is 0.285. The highest BCUT2D eigenvalue weighted by Crippen LogP contribution is 2.17. The van der Waals surface area contributed by atoms with E-state index in [1.807, 2.05) is 0 Å². The van der Waals surface area contributed by atoms with Gasteiger partial charge in [0.15, 0.2) is 5.82 Å². The molecule has 0 aliphatic rings. The third kappa shape index (κ3) is 2.98. The molecule has 0 aliphatic carbocycles. The second kappa shape index (κ2) is 4.56. The first-order chi connectivity index (χ1) is 8.35. The first-order valence-corrected chi connectivity index (χ1v) is 6.15. The maximum absolute atomic E-state index is 11.6. The van der Waals surface area contributed by atoms with Gasteiger partial charge in [0, 0.05) is 0 Å². The van der Waals surface area contributed by atoms with Crippen LogP contribution in [0.3, 0.4) is 0 Å². The van der Waals surface area contributed by atoms with Gasteiger partial charge in [-0.15, -0.1) is 9.73 Å². The number of ether oxygens (including phenoxy) is 1. The molecule has 2 heterocycles. The molecule has 1 N–H and O–H groups in total. The number of anilines is 1. The minimum atomic E-state index is -0.541. The van der Waals surface area contributed by atoms with Crippen LogP contribution in [0.15, 0.2) is 22.8 Å². The predicted octanol–water partition coefficient (Wildman–Crippen LogP) is 2.84. The quantitative estimate of drug-likeness (QED) is 0.879. The van der Waals surface area contributed by atoms with Crippen LogP contribution in [-0.2, 0) is 4.74 Å². The second-order valence-electron chi connectivity index (χ2n) is 4.71. The van der Waals surface area contributed by atoms with Crippen LogP contribution in [0.2, 0.25) is 0 Å². The molecule has 1 amide bonds. The van der Waals surface area contributed by atoms with Gasteiger partial charge >= 0.3 is 6.09 Å². The third-order valence-electron chi connectivity index (χ3n) is 1.97. The van der Waals surface area contributed by atoms with E-state index >= 15 is 0 Å². The highest BCUT2D eigenvalue weighted by atomic mass is 79.9. The molecule has 6 nitrogen and oxygen atoms in total. The van der Waals surface area contributed by atoms with Gasteiger partial charge in [0.2, 0.25) is 0 Å². The summed E-state index contributed by atoms with van der Waals surface area (Å²) in [5, 5.41) is 10.7. The fourth-order valence-electron chi connectivity index (χ4n) is 1.32. The summed E-state index contributed by atoms with van der Waals surface area (Å²) in [6.45, 7) is 5.40. The van der Waals surface area contributed by atoms with E-state index in [0.29, 0.717) is 5.82 Å². The number of fused-ring (bicyclic) bond motifs is 1. The zero-order chi connectivity index (χ0) is 13.3. The first kappa shape index (κ1) is 12.8. The maximum atomic E-state index is 11.6. The summed E-state index contributed by atoms with van der Waals surface area (Å²) >= 11 is 3.35. The average Bonchev–Trinajstić information content (AvgIpc) is 2.57. The molecule has 0 bridgehead atoms. The molecule has 0 unspecified atom stereocenters. The number of aromatic nitrogens is 3. The number of carbonyl (C=O) groups excluding carboxylic acids is 1. The molecule has 0 saturated heterocycles. The van der Waals surface area contributed by atoms with E-state index < -0.39 is 11.7 Å². The van der Waals surface area contributed by atoms with Crippen molar-refractivity contribution < 1.29 is 9.53 Å². The van der Waals surface area contributed by atoms with E-state index in [2.05, 4.69) is 31.4 Å². The van der Waals surface area contributed by atoms with Crippen molar-refractivity contribution in [1.29, 1.82) is 0 Å². The van der Waals surface area contributed by atoms with Crippen molar-refractivity contribution in [2.24, 2.45) is 0 Å². The summed E-state index contributed by atoms with van der Waals surface area (Å²) in [4.78, 5) is 11.6. The van der Waals surface area contributed by atoms with E-state index in [-0.39, 0.29) is 0 Å².